The summed E-state index contributed by atoms with van der Waals surface area (Å²) in [4.78, 5) is 14.1. The number of carbonyl (C=O) groups excluding carboxylic acids is 1. The number of carbonyl (C=O) groups is 1. The standard InChI is InChI=1S/C14H21N3O3/c1-10(15-6-7-17(2)3)14(18)16-11-4-5-12-13(8-11)20-9-19-12/h4-5,8,10,15H,6-7,9H2,1-3H3,(H,16,18)/t10-/m0/s1. The molecule has 20 heavy (non-hydrogen) atoms. The second-order valence-electron chi connectivity index (χ2n) is 5.04. The van der Waals surface area contributed by atoms with Crippen molar-refractivity contribution in [1.29, 1.82) is 0 Å². The zero-order valence-corrected chi connectivity index (χ0v) is 12.1. The van der Waals surface area contributed by atoms with Crippen molar-refractivity contribution in [3.8, 4) is 11.5 Å². The Kier molecular flexibility index (Phi) is 4.81. The lowest BCUT2D eigenvalue weighted by atomic mass is 10.2. The third-order valence-corrected chi connectivity index (χ3v) is 3.04. The van der Waals surface area contributed by atoms with Crippen molar-refractivity contribution in [3.63, 3.8) is 0 Å². The number of ether oxygens (including phenoxy) is 2. The molecule has 0 radical (unpaired) electrons. The fourth-order valence-corrected chi connectivity index (χ4v) is 1.82. The van der Waals surface area contributed by atoms with Crippen LogP contribution in [-0.4, -0.2) is 50.8 Å². The van der Waals surface area contributed by atoms with Gasteiger partial charge in [-0.15, -0.1) is 0 Å². The van der Waals surface area contributed by atoms with Crippen molar-refractivity contribution < 1.29 is 14.3 Å². The van der Waals surface area contributed by atoms with Gasteiger partial charge in [-0.25, -0.2) is 0 Å². The summed E-state index contributed by atoms with van der Waals surface area (Å²) < 4.78 is 10.5. The minimum atomic E-state index is -0.250. The van der Waals surface area contributed by atoms with E-state index < -0.39 is 0 Å². The van der Waals surface area contributed by atoms with Gasteiger partial charge in [0.2, 0.25) is 12.7 Å². The van der Waals surface area contributed by atoms with Gasteiger partial charge in [0.15, 0.2) is 11.5 Å². The van der Waals surface area contributed by atoms with Crippen LogP contribution < -0.4 is 20.1 Å². The largest absolute Gasteiger partial charge is 0.454 e. The lowest BCUT2D eigenvalue weighted by molar-refractivity contribution is -0.117. The zero-order valence-electron chi connectivity index (χ0n) is 12.1. The maximum absolute atomic E-state index is 12.0. The van der Waals surface area contributed by atoms with E-state index in [1.807, 2.05) is 21.0 Å². The third kappa shape index (κ3) is 3.85. The second kappa shape index (κ2) is 6.58. The van der Waals surface area contributed by atoms with Crippen molar-refractivity contribution in [2.24, 2.45) is 0 Å². The van der Waals surface area contributed by atoms with E-state index in [2.05, 4.69) is 15.5 Å². The summed E-state index contributed by atoms with van der Waals surface area (Å²) in [6, 6.07) is 5.12. The highest BCUT2D eigenvalue weighted by molar-refractivity contribution is 5.94. The first-order chi connectivity index (χ1) is 9.56. The SMILES string of the molecule is C[C@H](NCCN(C)C)C(=O)Nc1ccc2c(c1)OCO2. The molecule has 2 N–H and O–H groups in total. The number of likely N-dealkylation sites (N-methyl/N-ethyl adjacent to an activating group) is 1. The highest BCUT2D eigenvalue weighted by Gasteiger charge is 2.16. The Morgan fingerprint density at radius 1 is 1.35 bits per heavy atom. The number of amides is 1. The maximum atomic E-state index is 12.0. The van der Waals surface area contributed by atoms with Crippen LogP contribution in [0.15, 0.2) is 18.2 Å². The van der Waals surface area contributed by atoms with E-state index >= 15 is 0 Å². The molecule has 110 valence electrons. The lowest BCUT2D eigenvalue weighted by Gasteiger charge is -2.16. The molecule has 1 heterocycles. The van der Waals surface area contributed by atoms with Crippen LogP contribution in [0.2, 0.25) is 0 Å². The molecule has 2 rings (SSSR count). The van der Waals surface area contributed by atoms with Crippen LogP contribution in [0.3, 0.4) is 0 Å². The van der Waals surface area contributed by atoms with Gasteiger partial charge in [-0.1, -0.05) is 0 Å². The Balaban J connectivity index is 1.84. The number of benzene rings is 1. The smallest absolute Gasteiger partial charge is 0.241 e. The average Bonchev–Trinajstić information content (AvgIpc) is 2.85. The van der Waals surface area contributed by atoms with Gasteiger partial charge in [-0.05, 0) is 33.2 Å². The fourth-order valence-electron chi connectivity index (χ4n) is 1.82. The van der Waals surface area contributed by atoms with Crippen LogP contribution in [0.5, 0.6) is 11.5 Å². The minimum absolute atomic E-state index is 0.0670. The quantitative estimate of drug-likeness (QED) is 0.810. The van der Waals surface area contributed by atoms with Crippen LogP contribution in [0, 0.1) is 0 Å². The summed E-state index contributed by atoms with van der Waals surface area (Å²) in [6.45, 7) is 3.73. The molecule has 0 spiro atoms. The van der Waals surface area contributed by atoms with Crippen LogP contribution in [0.4, 0.5) is 5.69 Å². The summed E-state index contributed by atoms with van der Waals surface area (Å²) in [5, 5.41) is 6.04. The van der Waals surface area contributed by atoms with E-state index in [4.69, 9.17) is 9.47 Å². The zero-order chi connectivity index (χ0) is 14.5. The predicted octanol–water partition coefficient (Wildman–Crippen LogP) is 0.893. The third-order valence-electron chi connectivity index (χ3n) is 3.04. The molecule has 0 saturated heterocycles. The summed E-state index contributed by atoms with van der Waals surface area (Å²) in [7, 11) is 4.00. The Morgan fingerprint density at radius 2 is 2.10 bits per heavy atom. The molecule has 0 aliphatic carbocycles. The molecule has 1 aromatic rings. The minimum Gasteiger partial charge on any atom is -0.454 e. The van der Waals surface area contributed by atoms with Gasteiger partial charge < -0.3 is 25.0 Å². The summed E-state index contributed by atoms with van der Waals surface area (Å²) in [5.41, 5.74) is 0.709. The van der Waals surface area contributed by atoms with Gasteiger partial charge >= 0.3 is 0 Å². The van der Waals surface area contributed by atoms with Gasteiger partial charge in [0, 0.05) is 24.8 Å². The van der Waals surface area contributed by atoms with Crippen molar-refractivity contribution in [2.45, 2.75) is 13.0 Å². The topological polar surface area (TPSA) is 62.8 Å². The number of nitrogens with zero attached hydrogens (tertiary/aromatic N) is 1. The van der Waals surface area contributed by atoms with Crippen molar-refractivity contribution in [3.05, 3.63) is 18.2 Å². The molecule has 1 aliphatic heterocycles. The van der Waals surface area contributed by atoms with Crippen molar-refractivity contribution in [1.82, 2.24) is 10.2 Å². The Labute approximate surface area is 119 Å². The first-order valence-corrected chi connectivity index (χ1v) is 6.65. The second-order valence-corrected chi connectivity index (χ2v) is 5.04. The summed E-state index contributed by atoms with van der Waals surface area (Å²) >= 11 is 0. The molecule has 0 unspecified atom stereocenters. The van der Waals surface area contributed by atoms with E-state index in [9.17, 15) is 4.79 Å². The van der Waals surface area contributed by atoms with Gasteiger partial charge in [0.25, 0.3) is 0 Å². The molecule has 1 aromatic carbocycles. The molecule has 1 atom stereocenters. The molecule has 6 heteroatoms. The maximum Gasteiger partial charge on any atom is 0.241 e. The van der Waals surface area contributed by atoms with Gasteiger partial charge in [-0.2, -0.15) is 0 Å². The molecule has 0 saturated carbocycles. The van der Waals surface area contributed by atoms with Crippen molar-refractivity contribution in [2.75, 3.05) is 39.3 Å². The molecule has 6 nitrogen and oxygen atoms in total. The monoisotopic (exact) mass is 279 g/mol. The average molecular weight is 279 g/mol. The predicted molar refractivity (Wildman–Crippen MR) is 77.2 cm³/mol. The van der Waals surface area contributed by atoms with Crippen LogP contribution in [0.25, 0.3) is 0 Å². The van der Waals surface area contributed by atoms with E-state index in [-0.39, 0.29) is 18.7 Å². The molecule has 0 bridgehead atoms. The van der Waals surface area contributed by atoms with E-state index in [1.165, 1.54) is 0 Å². The normalized spacial score (nSPS) is 14.4. The number of rotatable bonds is 6. The van der Waals surface area contributed by atoms with Crippen LogP contribution >= 0.6 is 0 Å². The Bertz CT molecular complexity index is 477. The fraction of sp³-hybridized carbons (Fsp3) is 0.500. The Morgan fingerprint density at radius 3 is 2.85 bits per heavy atom. The van der Waals surface area contributed by atoms with E-state index in [0.29, 0.717) is 17.2 Å². The number of fused-ring (bicyclic) bond motifs is 1. The Hall–Kier alpha value is -1.79. The first-order valence-electron chi connectivity index (χ1n) is 6.65. The van der Waals surface area contributed by atoms with Gasteiger partial charge in [-0.3, -0.25) is 4.79 Å². The highest BCUT2D eigenvalue weighted by atomic mass is 16.7. The van der Waals surface area contributed by atoms with Crippen LogP contribution in [-0.2, 0) is 4.79 Å². The first kappa shape index (κ1) is 14.6. The summed E-state index contributed by atoms with van der Waals surface area (Å²) in [6.07, 6.45) is 0. The molecule has 1 amide bonds. The molecule has 1 aliphatic rings. The molecular formula is C14H21N3O3. The lowest BCUT2D eigenvalue weighted by Crippen LogP contribution is -2.41. The number of anilines is 1. The molecule has 0 aromatic heterocycles. The molecule has 0 fully saturated rings. The van der Waals surface area contributed by atoms with Gasteiger partial charge in [0.1, 0.15) is 0 Å². The number of hydrogen-bond donors (Lipinski definition) is 2. The number of hydrogen-bond acceptors (Lipinski definition) is 5. The van der Waals surface area contributed by atoms with E-state index in [0.717, 1.165) is 13.1 Å². The summed E-state index contributed by atoms with van der Waals surface area (Å²) in [5.74, 6) is 1.30. The highest BCUT2D eigenvalue weighted by Crippen LogP contribution is 2.34. The van der Waals surface area contributed by atoms with Crippen molar-refractivity contribution >= 4 is 11.6 Å². The molecular weight excluding hydrogens is 258 g/mol. The van der Waals surface area contributed by atoms with Gasteiger partial charge in [0.05, 0.1) is 6.04 Å². The number of nitrogens with one attached hydrogen (secondary N) is 2. The van der Waals surface area contributed by atoms with E-state index in [1.54, 1.807) is 18.2 Å². The van der Waals surface area contributed by atoms with Crippen LogP contribution in [0.1, 0.15) is 6.92 Å².